The summed E-state index contributed by atoms with van der Waals surface area (Å²) in [5.74, 6) is 0.772. The van der Waals surface area contributed by atoms with Crippen molar-refractivity contribution < 1.29 is 19.4 Å². The number of amides is 1. The quantitative estimate of drug-likeness (QED) is 0.229. The third kappa shape index (κ3) is 6.79. The van der Waals surface area contributed by atoms with Gasteiger partial charge < -0.3 is 19.9 Å². The molecule has 0 saturated carbocycles. The van der Waals surface area contributed by atoms with E-state index in [0.29, 0.717) is 6.54 Å². The molecule has 0 spiro atoms. The predicted octanol–water partition coefficient (Wildman–Crippen LogP) is 6.23. The first-order chi connectivity index (χ1) is 19.4. The molecule has 40 heavy (non-hydrogen) atoms. The second kappa shape index (κ2) is 13.1. The highest BCUT2D eigenvalue weighted by molar-refractivity contribution is 8.01. The number of aromatic nitrogens is 2. The summed E-state index contributed by atoms with van der Waals surface area (Å²) < 4.78 is 14.1. The Morgan fingerprint density at radius 2 is 1.73 bits per heavy atom. The van der Waals surface area contributed by atoms with Crippen molar-refractivity contribution in [2.75, 3.05) is 5.75 Å². The van der Waals surface area contributed by atoms with Crippen LogP contribution in [0.4, 0.5) is 0 Å². The number of hydrogen-bond acceptors (Lipinski definition) is 8. The van der Waals surface area contributed by atoms with E-state index in [1.165, 1.54) is 6.92 Å². The van der Waals surface area contributed by atoms with Gasteiger partial charge in [-0.2, -0.15) is 0 Å². The molecule has 1 aliphatic heterocycles. The van der Waals surface area contributed by atoms with Gasteiger partial charge in [-0.05, 0) is 34.7 Å². The van der Waals surface area contributed by atoms with E-state index in [2.05, 4.69) is 52.8 Å². The van der Waals surface area contributed by atoms with Crippen LogP contribution in [-0.2, 0) is 27.4 Å². The topological polar surface area (TPSA) is 93.6 Å². The van der Waals surface area contributed by atoms with Gasteiger partial charge in [-0.1, -0.05) is 103 Å². The molecule has 0 unspecified atom stereocenters. The number of ether oxygens (including phenoxy) is 2. The van der Waals surface area contributed by atoms with Gasteiger partial charge in [0, 0.05) is 30.7 Å². The Balaban J connectivity index is 1.39. The van der Waals surface area contributed by atoms with Crippen molar-refractivity contribution in [2.45, 2.75) is 56.8 Å². The molecule has 0 bridgehead atoms. The Bertz CT molecular complexity index is 1430. The number of thioether (sulfide) groups is 1. The normalized spacial score (nSPS) is 20.8. The fourth-order valence-electron chi connectivity index (χ4n) is 4.80. The van der Waals surface area contributed by atoms with E-state index in [0.717, 1.165) is 48.5 Å². The largest absolute Gasteiger partial charge is 0.392 e. The van der Waals surface area contributed by atoms with Crippen LogP contribution in [0.5, 0.6) is 0 Å². The van der Waals surface area contributed by atoms with E-state index in [-0.39, 0.29) is 30.6 Å². The van der Waals surface area contributed by atoms with Crippen LogP contribution in [0.15, 0.2) is 77.1 Å². The number of nitrogens with zero attached hydrogens (tertiary/aromatic N) is 2. The Morgan fingerprint density at radius 1 is 1.00 bits per heavy atom. The van der Waals surface area contributed by atoms with Crippen molar-refractivity contribution in [2.24, 2.45) is 5.92 Å². The fourth-order valence-corrected chi connectivity index (χ4v) is 6.80. The first kappa shape index (κ1) is 28.4. The van der Waals surface area contributed by atoms with Crippen LogP contribution < -0.4 is 5.32 Å². The number of carbonyl (C=O) groups is 1. The third-order valence-electron chi connectivity index (χ3n) is 7.04. The zero-order valence-electron chi connectivity index (χ0n) is 22.7. The molecule has 9 heteroatoms. The molecule has 0 aliphatic carbocycles. The zero-order valence-corrected chi connectivity index (χ0v) is 24.4. The van der Waals surface area contributed by atoms with Crippen molar-refractivity contribution in [3.05, 3.63) is 100 Å². The molecule has 4 aromatic rings. The van der Waals surface area contributed by atoms with Gasteiger partial charge in [0.1, 0.15) is 5.01 Å². The van der Waals surface area contributed by atoms with Crippen molar-refractivity contribution in [1.82, 2.24) is 15.5 Å². The molecule has 4 atom stereocenters. The first-order valence-corrected chi connectivity index (χ1v) is 15.1. The Kier molecular flexibility index (Phi) is 9.29. The highest BCUT2D eigenvalue weighted by Gasteiger charge is 2.38. The van der Waals surface area contributed by atoms with Crippen molar-refractivity contribution >= 4 is 29.0 Å². The molecule has 208 valence electrons. The number of hydrogen-bond donors (Lipinski definition) is 2. The average molecular weight is 576 g/mol. The molecule has 1 amide bonds. The summed E-state index contributed by atoms with van der Waals surface area (Å²) in [5.41, 5.74) is 6.05. The minimum atomic E-state index is -0.538. The van der Waals surface area contributed by atoms with Crippen molar-refractivity contribution in [1.29, 1.82) is 0 Å². The second-order valence-corrected chi connectivity index (χ2v) is 12.4. The molecule has 1 fully saturated rings. The van der Waals surface area contributed by atoms with Gasteiger partial charge in [0.15, 0.2) is 10.6 Å². The van der Waals surface area contributed by atoms with Gasteiger partial charge in [0.25, 0.3) is 0 Å². The molecule has 1 aromatic heterocycles. The van der Waals surface area contributed by atoms with E-state index in [4.69, 9.17) is 9.47 Å². The molecule has 7 nitrogen and oxygen atoms in total. The van der Waals surface area contributed by atoms with Crippen LogP contribution in [0.3, 0.4) is 0 Å². The smallest absolute Gasteiger partial charge is 0.217 e. The lowest BCUT2D eigenvalue weighted by Crippen LogP contribution is -2.38. The van der Waals surface area contributed by atoms with Gasteiger partial charge in [-0.15, -0.1) is 10.2 Å². The minimum absolute atomic E-state index is 0.00785. The average Bonchev–Trinajstić information content (AvgIpc) is 3.40. The molecule has 1 saturated heterocycles. The lowest BCUT2D eigenvalue weighted by molar-refractivity contribution is -0.268. The van der Waals surface area contributed by atoms with Crippen molar-refractivity contribution in [3.63, 3.8) is 0 Å². The molecule has 2 N–H and O–H groups in total. The number of rotatable bonds is 9. The number of aryl methyl sites for hydroxylation is 1. The summed E-state index contributed by atoms with van der Waals surface area (Å²) in [5, 5.41) is 21.7. The summed E-state index contributed by atoms with van der Waals surface area (Å²) in [4.78, 5) is 11.5. The molecular weight excluding hydrogens is 542 g/mol. The number of nitrogens with one attached hydrogen (secondary N) is 1. The maximum absolute atomic E-state index is 11.5. The number of aliphatic hydroxyl groups is 1. The highest BCUT2D eigenvalue weighted by Crippen LogP contribution is 2.43. The monoisotopic (exact) mass is 575 g/mol. The summed E-state index contributed by atoms with van der Waals surface area (Å²) >= 11 is 3.25. The number of benzene rings is 3. The second-order valence-electron chi connectivity index (χ2n) is 9.91. The summed E-state index contributed by atoms with van der Waals surface area (Å²) in [6, 6.07) is 24.3. The van der Waals surface area contributed by atoms with E-state index in [1.54, 1.807) is 23.1 Å². The summed E-state index contributed by atoms with van der Waals surface area (Å²) in [7, 11) is 0. The maximum atomic E-state index is 11.5. The lowest BCUT2D eigenvalue weighted by Gasteiger charge is -2.41. The molecular formula is C31H33N3O4S2. The predicted molar refractivity (Wildman–Crippen MR) is 158 cm³/mol. The van der Waals surface area contributed by atoms with Gasteiger partial charge >= 0.3 is 0 Å². The maximum Gasteiger partial charge on any atom is 0.217 e. The molecule has 5 rings (SSSR count). The van der Waals surface area contributed by atoms with Gasteiger partial charge in [-0.25, -0.2) is 0 Å². The third-order valence-corrected chi connectivity index (χ3v) is 9.10. The van der Waals surface area contributed by atoms with E-state index >= 15 is 0 Å². The van der Waals surface area contributed by atoms with Crippen LogP contribution in [0.2, 0.25) is 0 Å². The van der Waals surface area contributed by atoms with Gasteiger partial charge in [0.2, 0.25) is 5.91 Å². The van der Waals surface area contributed by atoms with Gasteiger partial charge in [-0.3, -0.25) is 4.79 Å². The van der Waals surface area contributed by atoms with Crippen LogP contribution >= 0.6 is 23.1 Å². The van der Waals surface area contributed by atoms with Crippen molar-refractivity contribution in [3.8, 4) is 11.1 Å². The molecule has 1 aliphatic rings. The summed E-state index contributed by atoms with van der Waals surface area (Å²) in [6.45, 7) is 6.13. The zero-order chi connectivity index (χ0) is 28.1. The van der Waals surface area contributed by atoms with Crippen LogP contribution in [0, 0.1) is 12.8 Å². The summed E-state index contributed by atoms with van der Waals surface area (Å²) in [6.07, 6.45) is -0.788. The number of carbonyl (C=O) groups excluding carboxylic acids is 1. The first-order valence-electron chi connectivity index (χ1n) is 13.3. The SMILES string of the molecule is CC(=O)NCc1ccccc1-c1ccc([C@H]2O[C@@H](CSc3nnc(C)s3)[C@@H](C)[C@@H](c3ccc(CO)cc3)O2)cc1. The fraction of sp³-hybridized carbons (Fsp3) is 0.323. The number of aliphatic hydroxyl groups excluding tert-OH is 1. The van der Waals surface area contributed by atoms with Crippen LogP contribution in [0.1, 0.15) is 53.5 Å². The standard InChI is InChI=1S/C31H33N3O4S2/c1-19-28(18-39-31-34-33-21(3)40-31)37-30(38-29(19)24-10-8-22(17-35)9-11-24)25-14-12-23(13-15-25)27-7-5-4-6-26(27)16-32-20(2)36/h4-15,19,28-30,35H,16-18H2,1-3H3,(H,32,36)/t19-,28+,29+,30+/m1/s1. The highest BCUT2D eigenvalue weighted by atomic mass is 32.2. The Labute approximate surface area is 243 Å². The Morgan fingerprint density at radius 3 is 2.40 bits per heavy atom. The Hall–Kier alpha value is -3.08. The van der Waals surface area contributed by atoms with E-state index in [1.807, 2.05) is 49.4 Å². The molecule has 3 aromatic carbocycles. The lowest BCUT2D eigenvalue weighted by atomic mass is 9.91. The van der Waals surface area contributed by atoms with Gasteiger partial charge in [0.05, 0.1) is 18.8 Å². The molecule has 0 radical (unpaired) electrons. The van der Waals surface area contributed by atoms with E-state index < -0.39 is 6.29 Å². The van der Waals surface area contributed by atoms with E-state index in [9.17, 15) is 9.90 Å². The van der Waals surface area contributed by atoms with Crippen LogP contribution in [-0.4, -0.2) is 33.1 Å². The van der Waals surface area contributed by atoms with Crippen LogP contribution in [0.25, 0.3) is 11.1 Å². The molecule has 2 heterocycles. The minimum Gasteiger partial charge on any atom is -0.392 e.